The van der Waals surface area contributed by atoms with Gasteiger partial charge in [-0.15, -0.1) is 0 Å². The summed E-state index contributed by atoms with van der Waals surface area (Å²) < 4.78 is 1.88. The molecular weight excluding hydrogens is 260 g/mol. The smallest absolute Gasteiger partial charge is 0.0645 e. The second kappa shape index (κ2) is 6.41. The van der Waals surface area contributed by atoms with Crippen molar-refractivity contribution in [3.05, 3.63) is 48.3 Å². The molecule has 21 heavy (non-hydrogen) atoms. The van der Waals surface area contributed by atoms with E-state index < -0.39 is 0 Å². The van der Waals surface area contributed by atoms with Crippen LogP contribution in [0, 0.1) is 0 Å². The van der Waals surface area contributed by atoms with E-state index in [9.17, 15) is 0 Å². The molecule has 2 heterocycles. The average Bonchev–Trinajstić information content (AvgIpc) is 3.03. The van der Waals surface area contributed by atoms with E-state index in [2.05, 4.69) is 53.6 Å². The molecule has 3 rings (SSSR count). The average molecular weight is 284 g/mol. The van der Waals surface area contributed by atoms with Crippen LogP contribution in [0.3, 0.4) is 0 Å². The standard InChI is InChI=1S/C17H24N4/c1-14-12-16(8-11-20(14)2)18-13-15-4-6-17(7-5-15)21-10-3-9-19-21/h3-7,9-10,14,16,18H,8,11-13H2,1-2H3. The summed E-state index contributed by atoms with van der Waals surface area (Å²) in [6.45, 7) is 4.45. The van der Waals surface area contributed by atoms with Crippen molar-refractivity contribution in [1.82, 2.24) is 20.0 Å². The van der Waals surface area contributed by atoms with Gasteiger partial charge < -0.3 is 10.2 Å². The molecule has 0 bridgehead atoms. The van der Waals surface area contributed by atoms with Crippen molar-refractivity contribution in [2.45, 2.75) is 38.4 Å². The van der Waals surface area contributed by atoms with Crippen LogP contribution >= 0.6 is 0 Å². The van der Waals surface area contributed by atoms with Crippen molar-refractivity contribution in [3.8, 4) is 5.69 Å². The van der Waals surface area contributed by atoms with E-state index in [1.165, 1.54) is 24.9 Å². The van der Waals surface area contributed by atoms with Crippen LogP contribution < -0.4 is 5.32 Å². The number of benzene rings is 1. The van der Waals surface area contributed by atoms with Gasteiger partial charge in [-0.2, -0.15) is 5.10 Å². The first-order chi connectivity index (χ1) is 10.2. The molecule has 1 saturated heterocycles. The van der Waals surface area contributed by atoms with E-state index in [1.54, 1.807) is 6.20 Å². The SMILES string of the molecule is CC1CC(NCc2ccc(-n3cccn3)cc2)CCN1C. The molecule has 2 atom stereocenters. The van der Waals surface area contributed by atoms with E-state index in [0.29, 0.717) is 12.1 Å². The summed E-state index contributed by atoms with van der Waals surface area (Å²) in [4.78, 5) is 2.44. The fraction of sp³-hybridized carbons (Fsp3) is 0.471. The Balaban J connectivity index is 1.54. The molecule has 4 heteroatoms. The maximum absolute atomic E-state index is 4.25. The lowest BCUT2D eigenvalue weighted by atomic mass is 9.99. The van der Waals surface area contributed by atoms with Gasteiger partial charge in [0.25, 0.3) is 0 Å². The van der Waals surface area contributed by atoms with Crippen LogP contribution in [0.5, 0.6) is 0 Å². The fourth-order valence-corrected chi connectivity index (χ4v) is 2.93. The highest BCUT2D eigenvalue weighted by molar-refractivity contribution is 5.33. The van der Waals surface area contributed by atoms with Gasteiger partial charge in [0.05, 0.1) is 5.69 Å². The summed E-state index contributed by atoms with van der Waals surface area (Å²) in [6, 6.07) is 11.9. The summed E-state index contributed by atoms with van der Waals surface area (Å²) >= 11 is 0. The van der Waals surface area contributed by atoms with Gasteiger partial charge in [-0.3, -0.25) is 0 Å². The minimum atomic E-state index is 0.641. The number of likely N-dealkylation sites (tertiary alicyclic amines) is 1. The first-order valence-corrected chi connectivity index (χ1v) is 7.75. The molecule has 1 aliphatic rings. The van der Waals surface area contributed by atoms with E-state index in [0.717, 1.165) is 12.2 Å². The van der Waals surface area contributed by atoms with Crippen LogP contribution in [0.1, 0.15) is 25.3 Å². The van der Waals surface area contributed by atoms with E-state index in [1.807, 2.05) is 16.9 Å². The third-order valence-electron chi connectivity index (χ3n) is 4.51. The van der Waals surface area contributed by atoms with Crippen molar-refractivity contribution < 1.29 is 0 Å². The zero-order valence-electron chi connectivity index (χ0n) is 12.9. The van der Waals surface area contributed by atoms with Crippen LogP contribution in [0.4, 0.5) is 0 Å². The molecule has 0 saturated carbocycles. The molecule has 1 aliphatic heterocycles. The predicted octanol–water partition coefficient (Wildman–Crippen LogP) is 2.44. The van der Waals surface area contributed by atoms with Gasteiger partial charge in [-0.1, -0.05) is 12.1 Å². The molecule has 2 unspecified atom stereocenters. The van der Waals surface area contributed by atoms with E-state index in [4.69, 9.17) is 0 Å². The van der Waals surface area contributed by atoms with Gasteiger partial charge in [-0.25, -0.2) is 4.68 Å². The molecule has 0 radical (unpaired) electrons. The third kappa shape index (κ3) is 3.52. The Labute approximate surface area is 126 Å². The van der Waals surface area contributed by atoms with Crippen molar-refractivity contribution in [2.24, 2.45) is 0 Å². The molecule has 1 aromatic heterocycles. The zero-order chi connectivity index (χ0) is 14.7. The summed E-state index contributed by atoms with van der Waals surface area (Å²) in [6.07, 6.45) is 6.25. The van der Waals surface area contributed by atoms with Crippen molar-refractivity contribution >= 4 is 0 Å². The summed E-state index contributed by atoms with van der Waals surface area (Å²) in [5.41, 5.74) is 2.44. The molecule has 112 valence electrons. The largest absolute Gasteiger partial charge is 0.310 e. The number of nitrogens with zero attached hydrogens (tertiary/aromatic N) is 3. The normalized spacial score (nSPS) is 23.3. The van der Waals surface area contributed by atoms with E-state index >= 15 is 0 Å². The number of hydrogen-bond donors (Lipinski definition) is 1. The number of piperidine rings is 1. The number of nitrogens with one attached hydrogen (secondary N) is 1. The Kier molecular flexibility index (Phi) is 4.36. The monoisotopic (exact) mass is 284 g/mol. The second-order valence-electron chi connectivity index (χ2n) is 6.05. The number of rotatable bonds is 4. The van der Waals surface area contributed by atoms with Crippen LogP contribution in [-0.4, -0.2) is 40.4 Å². The van der Waals surface area contributed by atoms with Crippen LogP contribution in [0.15, 0.2) is 42.7 Å². The Morgan fingerprint density at radius 2 is 2.10 bits per heavy atom. The Morgan fingerprint density at radius 3 is 2.76 bits per heavy atom. The molecule has 1 fully saturated rings. The quantitative estimate of drug-likeness (QED) is 0.936. The second-order valence-corrected chi connectivity index (χ2v) is 6.05. The van der Waals surface area contributed by atoms with Gasteiger partial charge in [0.2, 0.25) is 0 Å². The summed E-state index contributed by atoms with van der Waals surface area (Å²) in [7, 11) is 2.22. The van der Waals surface area contributed by atoms with Crippen molar-refractivity contribution in [1.29, 1.82) is 0 Å². The maximum atomic E-state index is 4.25. The topological polar surface area (TPSA) is 33.1 Å². The van der Waals surface area contributed by atoms with Crippen LogP contribution in [0.25, 0.3) is 5.69 Å². The minimum Gasteiger partial charge on any atom is -0.310 e. The van der Waals surface area contributed by atoms with Crippen molar-refractivity contribution in [2.75, 3.05) is 13.6 Å². The highest BCUT2D eigenvalue weighted by atomic mass is 15.3. The molecule has 0 aliphatic carbocycles. The first kappa shape index (κ1) is 14.3. The number of hydrogen-bond acceptors (Lipinski definition) is 3. The van der Waals surface area contributed by atoms with Crippen LogP contribution in [-0.2, 0) is 6.54 Å². The first-order valence-electron chi connectivity index (χ1n) is 7.75. The molecule has 1 N–H and O–H groups in total. The highest BCUT2D eigenvalue weighted by Gasteiger charge is 2.21. The molecular formula is C17H24N4. The molecule has 4 nitrogen and oxygen atoms in total. The van der Waals surface area contributed by atoms with Crippen LogP contribution in [0.2, 0.25) is 0 Å². The van der Waals surface area contributed by atoms with Gasteiger partial charge in [-0.05, 0) is 57.1 Å². The molecule has 0 amide bonds. The third-order valence-corrected chi connectivity index (χ3v) is 4.51. The molecule has 2 aromatic rings. The van der Waals surface area contributed by atoms with Gasteiger partial charge in [0.1, 0.15) is 0 Å². The van der Waals surface area contributed by atoms with Gasteiger partial charge in [0, 0.05) is 31.0 Å². The Morgan fingerprint density at radius 1 is 1.29 bits per heavy atom. The molecule has 0 spiro atoms. The summed E-state index contributed by atoms with van der Waals surface area (Å²) in [5, 5.41) is 7.94. The van der Waals surface area contributed by atoms with Gasteiger partial charge >= 0.3 is 0 Å². The summed E-state index contributed by atoms with van der Waals surface area (Å²) in [5.74, 6) is 0. The molecule has 1 aromatic carbocycles. The Bertz CT molecular complexity index is 547. The lowest BCUT2D eigenvalue weighted by molar-refractivity contribution is 0.168. The van der Waals surface area contributed by atoms with Gasteiger partial charge in [0.15, 0.2) is 0 Å². The minimum absolute atomic E-state index is 0.641. The maximum Gasteiger partial charge on any atom is 0.0645 e. The predicted molar refractivity (Wildman–Crippen MR) is 85.5 cm³/mol. The zero-order valence-corrected chi connectivity index (χ0v) is 12.9. The number of aromatic nitrogens is 2. The lowest BCUT2D eigenvalue weighted by Gasteiger charge is -2.35. The fourth-order valence-electron chi connectivity index (χ4n) is 2.93. The Hall–Kier alpha value is -1.65. The highest BCUT2D eigenvalue weighted by Crippen LogP contribution is 2.16. The van der Waals surface area contributed by atoms with Crippen molar-refractivity contribution in [3.63, 3.8) is 0 Å². The lowest BCUT2D eigenvalue weighted by Crippen LogP contribution is -2.45. The van der Waals surface area contributed by atoms with E-state index in [-0.39, 0.29) is 0 Å².